The van der Waals surface area contributed by atoms with Crippen LogP contribution in [-0.2, 0) is 9.53 Å². The molecule has 4 N–H and O–H groups in total. The largest absolute Gasteiger partial charge is 0.491 e. The predicted molar refractivity (Wildman–Crippen MR) is 112 cm³/mol. The van der Waals surface area contributed by atoms with Crippen LogP contribution in [-0.4, -0.2) is 41.3 Å². The Morgan fingerprint density at radius 2 is 1.74 bits per heavy atom. The fourth-order valence-corrected chi connectivity index (χ4v) is 2.60. The summed E-state index contributed by atoms with van der Waals surface area (Å²) in [7, 11) is 0. The van der Waals surface area contributed by atoms with Gasteiger partial charge in [0.25, 0.3) is 5.91 Å². The van der Waals surface area contributed by atoms with E-state index in [0.29, 0.717) is 22.6 Å². The summed E-state index contributed by atoms with van der Waals surface area (Å²) in [4.78, 5) is 34.9. The van der Waals surface area contributed by atoms with E-state index in [4.69, 9.17) is 19.8 Å². The highest BCUT2D eigenvalue weighted by Crippen LogP contribution is 2.25. The van der Waals surface area contributed by atoms with Crippen molar-refractivity contribution in [1.29, 1.82) is 0 Å². The number of rotatable bonds is 10. The van der Waals surface area contributed by atoms with E-state index in [1.165, 1.54) is 18.5 Å². The number of nitrogens with one attached hydrogen (secondary N) is 2. The molecule has 164 valence electrons. The monoisotopic (exact) mass is 428 g/mol. The molecule has 1 atom stereocenters. The number of aliphatic hydroxyl groups excluding tert-OH is 1. The van der Waals surface area contributed by atoms with Crippen molar-refractivity contribution in [1.82, 2.24) is 5.48 Å². The molecule has 0 aliphatic rings. The molecule has 31 heavy (non-hydrogen) atoms. The molecular formula is C22H24N2O7. The topological polar surface area (TPSA) is 134 Å². The second kappa shape index (κ2) is 12.1. The van der Waals surface area contributed by atoms with Gasteiger partial charge in [0, 0.05) is 23.7 Å². The van der Waals surface area contributed by atoms with Gasteiger partial charge in [0.15, 0.2) is 5.78 Å². The lowest BCUT2D eigenvalue weighted by Gasteiger charge is -2.18. The zero-order valence-electron chi connectivity index (χ0n) is 16.9. The van der Waals surface area contributed by atoms with E-state index in [2.05, 4.69) is 5.32 Å². The molecule has 0 aliphatic carbocycles. The number of amides is 2. The van der Waals surface area contributed by atoms with Gasteiger partial charge < -0.3 is 14.6 Å². The van der Waals surface area contributed by atoms with Gasteiger partial charge in [0.05, 0.1) is 6.61 Å². The maximum atomic E-state index is 12.4. The van der Waals surface area contributed by atoms with Crippen molar-refractivity contribution >= 4 is 23.5 Å². The van der Waals surface area contributed by atoms with Crippen LogP contribution >= 0.6 is 0 Å². The van der Waals surface area contributed by atoms with Crippen LogP contribution in [0.2, 0.25) is 0 Å². The van der Waals surface area contributed by atoms with E-state index in [1.54, 1.807) is 48.5 Å². The minimum absolute atomic E-state index is 0.0840. The van der Waals surface area contributed by atoms with Crippen molar-refractivity contribution in [3.63, 3.8) is 0 Å². The maximum Gasteiger partial charge on any atom is 0.412 e. The number of carbonyl (C=O) groups is 3. The first-order valence-corrected chi connectivity index (χ1v) is 9.45. The lowest BCUT2D eigenvalue weighted by atomic mass is 10.1. The van der Waals surface area contributed by atoms with Crippen molar-refractivity contribution in [3.8, 4) is 5.75 Å². The minimum Gasteiger partial charge on any atom is -0.491 e. The number of hydrogen-bond acceptors (Lipinski definition) is 7. The van der Waals surface area contributed by atoms with Crippen LogP contribution in [0.5, 0.6) is 5.75 Å². The number of hydrogen-bond donors (Lipinski definition) is 4. The van der Waals surface area contributed by atoms with E-state index in [-0.39, 0.29) is 25.4 Å². The summed E-state index contributed by atoms with van der Waals surface area (Å²) in [5, 5.41) is 20.0. The molecule has 0 fully saturated rings. The fraction of sp³-hybridized carbons (Fsp3) is 0.227. The lowest BCUT2D eigenvalue weighted by Crippen LogP contribution is -2.18. The van der Waals surface area contributed by atoms with Gasteiger partial charge in [-0.25, -0.2) is 10.3 Å². The highest BCUT2D eigenvalue weighted by Gasteiger charge is 2.16. The molecule has 0 saturated heterocycles. The van der Waals surface area contributed by atoms with Gasteiger partial charge in [-0.1, -0.05) is 18.2 Å². The average Bonchev–Trinajstić information content (AvgIpc) is 2.77. The molecule has 2 aromatic carbocycles. The first-order valence-electron chi connectivity index (χ1n) is 9.45. The molecular weight excluding hydrogens is 404 g/mol. The third-order valence-electron chi connectivity index (χ3n) is 4.13. The van der Waals surface area contributed by atoms with Gasteiger partial charge in [-0.15, -0.1) is 0 Å². The van der Waals surface area contributed by atoms with Gasteiger partial charge in [0.2, 0.25) is 0 Å². The van der Waals surface area contributed by atoms with Gasteiger partial charge >= 0.3 is 6.09 Å². The van der Waals surface area contributed by atoms with Gasteiger partial charge in [-0.3, -0.25) is 20.1 Å². The van der Waals surface area contributed by atoms with E-state index in [1.807, 2.05) is 0 Å². The number of Topliss-reactive ketones (excluding diaryl/α,β-unsaturated/α-hetero) is 1. The van der Waals surface area contributed by atoms with Gasteiger partial charge in [0.1, 0.15) is 18.5 Å². The highest BCUT2D eigenvalue weighted by atomic mass is 16.6. The number of benzene rings is 2. The van der Waals surface area contributed by atoms with Crippen molar-refractivity contribution in [2.75, 3.05) is 18.5 Å². The Balaban J connectivity index is 2.09. The van der Waals surface area contributed by atoms with E-state index in [9.17, 15) is 14.4 Å². The number of ketones is 1. The highest BCUT2D eigenvalue weighted by molar-refractivity contribution is 5.95. The van der Waals surface area contributed by atoms with Crippen molar-refractivity contribution < 1.29 is 34.2 Å². The average molecular weight is 428 g/mol. The van der Waals surface area contributed by atoms with Crippen LogP contribution in [0.4, 0.5) is 10.5 Å². The Morgan fingerprint density at radius 3 is 2.32 bits per heavy atom. The van der Waals surface area contributed by atoms with Crippen LogP contribution in [0.25, 0.3) is 0 Å². The van der Waals surface area contributed by atoms with Crippen molar-refractivity contribution in [3.05, 3.63) is 71.8 Å². The van der Waals surface area contributed by atoms with Gasteiger partial charge in [-0.05, 0) is 48.9 Å². The summed E-state index contributed by atoms with van der Waals surface area (Å²) in [5.41, 5.74) is 3.11. The Morgan fingerprint density at radius 1 is 1.06 bits per heavy atom. The second-order valence-electron chi connectivity index (χ2n) is 6.41. The van der Waals surface area contributed by atoms with E-state index in [0.717, 1.165) is 6.08 Å². The zero-order chi connectivity index (χ0) is 22.6. The first-order chi connectivity index (χ1) is 14.9. The Hall–Kier alpha value is -3.69. The zero-order valence-corrected chi connectivity index (χ0v) is 16.9. The summed E-state index contributed by atoms with van der Waals surface area (Å²) >= 11 is 0. The Kier molecular flexibility index (Phi) is 9.21. The maximum absolute atomic E-state index is 12.4. The molecule has 0 radical (unpaired) electrons. The molecule has 0 heterocycles. The molecule has 0 aliphatic heterocycles. The Labute approximate surface area is 179 Å². The summed E-state index contributed by atoms with van der Waals surface area (Å²) in [6.45, 7) is 1.49. The van der Waals surface area contributed by atoms with Gasteiger partial charge in [-0.2, -0.15) is 0 Å². The molecule has 0 saturated carbocycles. The summed E-state index contributed by atoms with van der Waals surface area (Å²) < 4.78 is 10.8. The molecule has 0 spiro atoms. The Bertz CT molecular complexity index is 908. The quantitative estimate of drug-likeness (QED) is 0.198. The van der Waals surface area contributed by atoms with Crippen LogP contribution in [0, 0.1) is 0 Å². The smallest absolute Gasteiger partial charge is 0.412 e. The molecule has 2 amide bonds. The van der Waals surface area contributed by atoms with E-state index < -0.39 is 18.1 Å². The van der Waals surface area contributed by atoms with Crippen molar-refractivity contribution in [2.24, 2.45) is 0 Å². The molecule has 0 aromatic heterocycles. The number of anilines is 1. The summed E-state index contributed by atoms with van der Waals surface area (Å²) in [6.07, 6.45) is 1.29. The molecule has 2 rings (SSSR count). The molecule has 2 aromatic rings. The number of hydroxylamine groups is 1. The predicted octanol–water partition coefficient (Wildman–Crippen LogP) is 3.00. The number of carbonyl (C=O) groups excluding carboxylic acids is 3. The number of aliphatic hydroxyl groups is 1. The third kappa shape index (κ3) is 7.92. The summed E-state index contributed by atoms with van der Waals surface area (Å²) in [5.74, 6) is -0.248. The molecule has 9 heteroatoms. The third-order valence-corrected chi connectivity index (χ3v) is 4.13. The second-order valence-corrected chi connectivity index (χ2v) is 6.41. The lowest BCUT2D eigenvalue weighted by molar-refractivity contribution is -0.124. The van der Waals surface area contributed by atoms with Crippen LogP contribution in [0.15, 0.2) is 60.7 Å². The van der Waals surface area contributed by atoms with Crippen LogP contribution < -0.4 is 15.5 Å². The first kappa shape index (κ1) is 23.6. The van der Waals surface area contributed by atoms with Crippen LogP contribution in [0.3, 0.4) is 0 Å². The SMILES string of the molecule is CC(=O)c1ccc(NC(=O)O[C@@H](C/C=C/C(=O)NO)c2ccc(OCCO)cc2)cc1. The fourth-order valence-electron chi connectivity index (χ4n) is 2.60. The molecule has 0 bridgehead atoms. The standard InChI is InChI=1S/C22H24N2O7/c1-15(26)16-5-9-18(10-6-16)23-22(28)31-20(3-2-4-21(27)24-29)17-7-11-19(12-8-17)30-14-13-25/h2,4-12,20,25,29H,3,13-14H2,1H3,(H,23,28)(H,24,27)/b4-2+/t20-/m0/s1. The normalized spacial score (nSPS) is 11.6. The number of ether oxygens (including phenoxy) is 2. The molecule has 9 nitrogen and oxygen atoms in total. The van der Waals surface area contributed by atoms with Crippen molar-refractivity contribution in [2.45, 2.75) is 19.4 Å². The molecule has 0 unspecified atom stereocenters. The summed E-state index contributed by atoms with van der Waals surface area (Å²) in [6, 6.07) is 13.1. The van der Waals surface area contributed by atoms with E-state index >= 15 is 0 Å². The minimum atomic E-state index is -0.730. The van der Waals surface area contributed by atoms with Crippen LogP contribution in [0.1, 0.15) is 35.4 Å².